The molecule has 0 radical (unpaired) electrons. The van der Waals surface area contributed by atoms with Crippen LogP contribution in [0.5, 0.6) is 5.75 Å². The van der Waals surface area contributed by atoms with Gasteiger partial charge in [-0.2, -0.15) is 0 Å². The Bertz CT molecular complexity index is 626. The molecule has 0 heterocycles. The smallest absolute Gasteiger partial charge is 0.339 e. The molecule has 0 aliphatic heterocycles. The molecule has 0 saturated carbocycles. The van der Waals surface area contributed by atoms with Crippen LogP contribution in [0.1, 0.15) is 15.9 Å². The molecule has 0 aliphatic rings. The number of halogens is 1. The number of esters is 1. The summed E-state index contributed by atoms with van der Waals surface area (Å²) < 4.78 is 10.9. The number of carbonyl (C=O) groups is 1. The number of hydrogen-bond donors (Lipinski definition) is 1. The molecule has 2 aromatic carbocycles. The van der Waals surface area contributed by atoms with Gasteiger partial charge in [0.15, 0.2) is 0 Å². The average Bonchev–Trinajstić information content (AvgIpc) is 2.50. The molecule has 0 aromatic heterocycles. The lowest BCUT2D eigenvalue weighted by molar-refractivity contribution is 0.0508. The Hall–Kier alpha value is -2.01. The minimum atomic E-state index is -0.386. The van der Waals surface area contributed by atoms with Gasteiger partial charge in [0, 0.05) is 12.1 Å². The number of carbonyl (C=O) groups excluding carboxylic acids is 1. The summed E-state index contributed by atoms with van der Waals surface area (Å²) in [4.78, 5) is 12.0. The van der Waals surface area contributed by atoms with E-state index in [1.54, 1.807) is 25.3 Å². The molecule has 0 aliphatic carbocycles. The number of hydrogen-bond acceptors (Lipinski definition) is 4. The van der Waals surface area contributed by atoms with Crippen molar-refractivity contribution in [2.24, 2.45) is 0 Å². The van der Waals surface area contributed by atoms with Gasteiger partial charge in [-0.05, 0) is 45.8 Å². The first-order chi connectivity index (χ1) is 10.1. The van der Waals surface area contributed by atoms with Crippen LogP contribution < -0.4 is 10.5 Å². The zero-order valence-electron chi connectivity index (χ0n) is 11.6. The highest BCUT2D eigenvalue weighted by atomic mass is 79.9. The Balaban J connectivity index is 1.90. The summed E-state index contributed by atoms with van der Waals surface area (Å²) in [5.74, 6) is 0.419. The van der Waals surface area contributed by atoms with Crippen molar-refractivity contribution in [2.75, 3.05) is 19.5 Å². The Morgan fingerprint density at radius 2 is 1.90 bits per heavy atom. The van der Waals surface area contributed by atoms with Gasteiger partial charge < -0.3 is 15.2 Å². The molecular formula is C16H16BrNO3. The van der Waals surface area contributed by atoms with E-state index >= 15 is 0 Å². The van der Waals surface area contributed by atoms with Crippen molar-refractivity contribution >= 4 is 27.6 Å². The summed E-state index contributed by atoms with van der Waals surface area (Å²) in [5.41, 5.74) is 7.77. The van der Waals surface area contributed by atoms with E-state index in [0.29, 0.717) is 28.8 Å². The van der Waals surface area contributed by atoms with E-state index in [0.717, 1.165) is 11.3 Å². The van der Waals surface area contributed by atoms with Gasteiger partial charge in [0.05, 0.1) is 23.8 Å². The van der Waals surface area contributed by atoms with Gasteiger partial charge in [-0.3, -0.25) is 0 Å². The second-order valence-corrected chi connectivity index (χ2v) is 5.24. The van der Waals surface area contributed by atoms with Gasteiger partial charge in [-0.1, -0.05) is 18.2 Å². The fourth-order valence-electron chi connectivity index (χ4n) is 1.84. The maximum absolute atomic E-state index is 12.0. The second kappa shape index (κ2) is 7.13. The third-order valence-corrected chi connectivity index (χ3v) is 3.92. The van der Waals surface area contributed by atoms with Crippen molar-refractivity contribution in [3.63, 3.8) is 0 Å². The van der Waals surface area contributed by atoms with Gasteiger partial charge >= 0.3 is 5.97 Å². The standard InChI is InChI=1S/C16H16BrNO3/c1-20-12-7-5-11(6-8-12)9-10-21-16(19)13-3-2-4-14(18)15(13)17/h2-8H,9-10,18H2,1H3. The molecule has 21 heavy (non-hydrogen) atoms. The van der Waals surface area contributed by atoms with Crippen molar-refractivity contribution < 1.29 is 14.3 Å². The number of rotatable bonds is 5. The van der Waals surface area contributed by atoms with Crippen LogP contribution in [0.25, 0.3) is 0 Å². The van der Waals surface area contributed by atoms with Gasteiger partial charge in [0.1, 0.15) is 5.75 Å². The predicted octanol–water partition coefficient (Wildman–Crippen LogP) is 3.44. The maximum Gasteiger partial charge on any atom is 0.339 e. The highest BCUT2D eigenvalue weighted by Gasteiger charge is 2.12. The van der Waals surface area contributed by atoms with Crippen molar-refractivity contribution in [1.82, 2.24) is 0 Å². The summed E-state index contributed by atoms with van der Waals surface area (Å²) in [6.07, 6.45) is 0.648. The molecule has 2 rings (SSSR count). The maximum atomic E-state index is 12.0. The first-order valence-corrected chi connectivity index (χ1v) is 7.25. The second-order valence-electron chi connectivity index (χ2n) is 4.44. The fraction of sp³-hybridized carbons (Fsp3) is 0.188. The van der Waals surface area contributed by atoms with Crippen molar-refractivity contribution in [2.45, 2.75) is 6.42 Å². The zero-order valence-corrected chi connectivity index (χ0v) is 13.2. The number of nitrogens with two attached hydrogens (primary N) is 1. The van der Waals surface area contributed by atoms with Crippen LogP contribution in [-0.2, 0) is 11.2 Å². The van der Waals surface area contributed by atoms with E-state index in [1.165, 1.54) is 0 Å². The molecule has 0 amide bonds. The third-order valence-electron chi connectivity index (χ3n) is 3.03. The lowest BCUT2D eigenvalue weighted by atomic mass is 10.1. The van der Waals surface area contributed by atoms with Crippen LogP contribution in [0.15, 0.2) is 46.9 Å². The van der Waals surface area contributed by atoms with E-state index in [-0.39, 0.29) is 5.97 Å². The minimum Gasteiger partial charge on any atom is -0.497 e. The lowest BCUT2D eigenvalue weighted by Crippen LogP contribution is -2.09. The molecule has 5 heteroatoms. The Kier molecular flexibility index (Phi) is 5.22. The summed E-state index contributed by atoms with van der Waals surface area (Å²) >= 11 is 3.29. The van der Waals surface area contributed by atoms with Crippen LogP contribution in [0.3, 0.4) is 0 Å². The van der Waals surface area contributed by atoms with Crippen LogP contribution >= 0.6 is 15.9 Å². The lowest BCUT2D eigenvalue weighted by Gasteiger charge is -2.08. The molecule has 0 bridgehead atoms. The molecular weight excluding hydrogens is 334 g/mol. The third kappa shape index (κ3) is 3.98. The van der Waals surface area contributed by atoms with Crippen molar-refractivity contribution in [3.8, 4) is 5.75 Å². The highest BCUT2D eigenvalue weighted by Crippen LogP contribution is 2.24. The number of benzene rings is 2. The van der Waals surface area contributed by atoms with E-state index in [9.17, 15) is 4.79 Å². The SMILES string of the molecule is COc1ccc(CCOC(=O)c2cccc(N)c2Br)cc1. The largest absolute Gasteiger partial charge is 0.497 e. The van der Waals surface area contributed by atoms with Gasteiger partial charge in [-0.25, -0.2) is 4.79 Å². The molecule has 110 valence electrons. The van der Waals surface area contributed by atoms with Crippen molar-refractivity contribution in [3.05, 3.63) is 58.1 Å². The van der Waals surface area contributed by atoms with Gasteiger partial charge in [0.25, 0.3) is 0 Å². The number of nitrogen functional groups attached to an aromatic ring is 1. The molecule has 0 spiro atoms. The summed E-state index contributed by atoms with van der Waals surface area (Å²) in [7, 11) is 1.63. The molecule has 2 N–H and O–H groups in total. The number of ether oxygens (including phenoxy) is 2. The molecule has 2 aromatic rings. The fourth-order valence-corrected chi connectivity index (χ4v) is 2.27. The molecule has 0 fully saturated rings. The highest BCUT2D eigenvalue weighted by molar-refractivity contribution is 9.10. The molecule has 4 nitrogen and oxygen atoms in total. The van der Waals surface area contributed by atoms with Crippen LogP contribution in [0.4, 0.5) is 5.69 Å². The van der Waals surface area contributed by atoms with E-state index < -0.39 is 0 Å². The molecule has 0 saturated heterocycles. The number of methoxy groups -OCH3 is 1. The quantitative estimate of drug-likeness (QED) is 0.663. The first kappa shape index (κ1) is 15.4. The first-order valence-electron chi connectivity index (χ1n) is 6.46. The predicted molar refractivity (Wildman–Crippen MR) is 85.5 cm³/mol. The van der Waals surface area contributed by atoms with Crippen molar-refractivity contribution in [1.29, 1.82) is 0 Å². The van der Waals surface area contributed by atoms with E-state index in [4.69, 9.17) is 15.2 Å². The summed E-state index contributed by atoms with van der Waals surface area (Å²) in [5, 5.41) is 0. The van der Waals surface area contributed by atoms with Crippen LogP contribution in [0.2, 0.25) is 0 Å². The van der Waals surface area contributed by atoms with Crippen LogP contribution in [-0.4, -0.2) is 19.7 Å². The van der Waals surface area contributed by atoms with E-state index in [2.05, 4.69) is 15.9 Å². The van der Waals surface area contributed by atoms with Gasteiger partial charge in [0.2, 0.25) is 0 Å². The zero-order chi connectivity index (χ0) is 15.2. The average molecular weight is 350 g/mol. The van der Waals surface area contributed by atoms with Crippen LogP contribution in [0, 0.1) is 0 Å². The Morgan fingerprint density at radius 3 is 2.57 bits per heavy atom. The van der Waals surface area contributed by atoms with E-state index in [1.807, 2.05) is 24.3 Å². The topological polar surface area (TPSA) is 61.5 Å². The minimum absolute atomic E-state index is 0.312. The Labute approximate surface area is 132 Å². The Morgan fingerprint density at radius 1 is 1.19 bits per heavy atom. The monoisotopic (exact) mass is 349 g/mol. The molecule has 0 unspecified atom stereocenters. The summed E-state index contributed by atoms with van der Waals surface area (Å²) in [6, 6.07) is 12.8. The molecule has 0 atom stereocenters. The summed E-state index contributed by atoms with van der Waals surface area (Å²) in [6.45, 7) is 0.312. The number of anilines is 1. The van der Waals surface area contributed by atoms with Gasteiger partial charge in [-0.15, -0.1) is 0 Å². The normalized spacial score (nSPS) is 10.2.